The molecule has 1 N–H and O–H groups in total. The van der Waals surface area contributed by atoms with E-state index in [1.165, 1.54) is 19.3 Å². The SMILES string of the molecule is COCC(CNCC(C)C)OC1CC2CCC1(C)C2(C)C. The summed E-state index contributed by atoms with van der Waals surface area (Å²) in [5.74, 6) is 1.51. The van der Waals surface area contributed by atoms with Gasteiger partial charge in [-0.05, 0) is 48.5 Å². The molecule has 21 heavy (non-hydrogen) atoms. The molecule has 0 aromatic heterocycles. The maximum Gasteiger partial charge on any atom is 0.0936 e. The smallest absolute Gasteiger partial charge is 0.0936 e. The van der Waals surface area contributed by atoms with Crippen LogP contribution in [0.1, 0.15) is 53.9 Å². The molecule has 3 heteroatoms. The number of nitrogens with one attached hydrogen (secondary N) is 1. The molecule has 3 nitrogen and oxygen atoms in total. The van der Waals surface area contributed by atoms with Gasteiger partial charge in [-0.3, -0.25) is 0 Å². The highest BCUT2D eigenvalue weighted by Crippen LogP contribution is 2.66. The predicted octanol–water partition coefficient (Wildman–Crippen LogP) is 3.48. The summed E-state index contributed by atoms with van der Waals surface area (Å²) in [4.78, 5) is 0. The topological polar surface area (TPSA) is 30.5 Å². The van der Waals surface area contributed by atoms with Gasteiger partial charge in [0.25, 0.3) is 0 Å². The van der Waals surface area contributed by atoms with Crippen molar-refractivity contribution in [1.29, 1.82) is 0 Å². The summed E-state index contributed by atoms with van der Waals surface area (Å²) >= 11 is 0. The van der Waals surface area contributed by atoms with Crippen LogP contribution in [0.2, 0.25) is 0 Å². The Bertz CT molecular complexity index is 342. The monoisotopic (exact) mass is 297 g/mol. The van der Waals surface area contributed by atoms with Crippen molar-refractivity contribution < 1.29 is 9.47 Å². The second-order valence-corrected chi connectivity index (χ2v) is 8.36. The summed E-state index contributed by atoms with van der Waals surface area (Å²) in [5.41, 5.74) is 0.752. The summed E-state index contributed by atoms with van der Waals surface area (Å²) in [6.45, 7) is 14.4. The Hall–Kier alpha value is -0.120. The molecule has 0 heterocycles. The van der Waals surface area contributed by atoms with Gasteiger partial charge < -0.3 is 14.8 Å². The van der Waals surface area contributed by atoms with E-state index in [4.69, 9.17) is 9.47 Å². The number of ether oxygens (including phenoxy) is 2. The van der Waals surface area contributed by atoms with Crippen molar-refractivity contribution in [2.45, 2.75) is 66.1 Å². The summed E-state index contributed by atoms with van der Waals surface area (Å²) in [6.07, 6.45) is 4.49. The van der Waals surface area contributed by atoms with E-state index in [0.717, 1.165) is 19.0 Å². The molecule has 2 fully saturated rings. The zero-order valence-corrected chi connectivity index (χ0v) is 14.9. The first kappa shape index (κ1) is 17.2. The zero-order valence-electron chi connectivity index (χ0n) is 14.9. The van der Waals surface area contributed by atoms with Crippen LogP contribution in [0.15, 0.2) is 0 Å². The van der Waals surface area contributed by atoms with Gasteiger partial charge in [-0.2, -0.15) is 0 Å². The van der Waals surface area contributed by atoms with E-state index in [-0.39, 0.29) is 6.10 Å². The number of rotatable bonds is 8. The van der Waals surface area contributed by atoms with Crippen LogP contribution in [0.25, 0.3) is 0 Å². The lowest BCUT2D eigenvalue weighted by Gasteiger charge is -2.40. The lowest BCUT2D eigenvalue weighted by atomic mass is 9.70. The first-order valence-corrected chi connectivity index (χ1v) is 8.66. The van der Waals surface area contributed by atoms with Crippen LogP contribution < -0.4 is 5.32 Å². The highest BCUT2D eigenvalue weighted by Gasteiger charge is 2.62. The van der Waals surface area contributed by atoms with Crippen LogP contribution in [-0.2, 0) is 9.47 Å². The van der Waals surface area contributed by atoms with Crippen molar-refractivity contribution in [3.63, 3.8) is 0 Å². The van der Waals surface area contributed by atoms with Gasteiger partial charge in [-0.25, -0.2) is 0 Å². The molecule has 0 aliphatic heterocycles. The molecule has 0 saturated heterocycles. The third-order valence-corrected chi connectivity index (χ3v) is 6.35. The van der Waals surface area contributed by atoms with E-state index in [0.29, 0.717) is 29.5 Å². The van der Waals surface area contributed by atoms with Gasteiger partial charge in [0.15, 0.2) is 0 Å². The second-order valence-electron chi connectivity index (χ2n) is 8.36. The molecule has 0 amide bonds. The van der Waals surface area contributed by atoms with E-state index in [1.54, 1.807) is 7.11 Å². The van der Waals surface area contributed by atoms with Crippen LogP contribution in [-0.4, -0.2) is 39.0 Å². The molecular formula is C18H35NO2. The van der Waals surface area contributed by atoms with Crippen molar-refractivity contribution in [3.8, 4) is 0 Å². The fourth-order valence-corrected chi connectivity index (χ4v) is 4.43. The van der Waals surface area contributed by atoms with Gasteiger partial charge >= 0.3 is 0 Å². The summed E-state index contributed by atoms with van der Waals surface area (Å²) in [7, 11) is 1.77. The molecule has 124 valence electrons. The van der Waals surface area contributed by atoms with Crippen molar-refractivity contribution in [1.82, 2.24) is 5.32 Å². The number of hydrogen-bond acceptors (Lipinski definition) is 3. The average Bonchev–Trinajstić information content (AvgIpc) is 2.71. The van der Waals surface area contributed by atoms with Crippen molar-refractivity contribution in [2.24, 2.45) is 22.7 Å². The molecule has 2 aliphatic carbocycles. The Morgan fingerprint density at radius 2 is 1.90 bits per heavy atom. The number of methoxy groups -OCH3 is 1. The van der Waals surface area contributed by atoms with Gasteiger partial charge in [0, 0.05) is 13.7 Å². The lowest BCUT2D eigenvalue weighted by Crippen LogP contribution is -2.43. The molecule has 2 aliphatic rings. The molecule has 2 bridgehead atoms. The molecule has 4 unspecified atom stereocenters. The fourth-order valence-electron chi connectivity index (χ4n) is 4.43. The molecule has 0 aromatic carbocycles. The standard InChI is InChI=1S/C18H35NO2/c1-13(2)10-19-11-15(12-20-6)21-16-9-14-7-8-18(16,5)17(14,3)4/h13-16,19H,7-12H2,1-6H3. The van der Waals surface area contributed by atoms with Crippen molar-refractivity contribution >= 4 is 0 Å². The van der Waals surface area contributed by atoms with Crippen molar-refractivity contribution in [3.05, 3.63) is 0 Å². The molecule has 4 atom stereocenters. The second kappa shape index (κ2) is 6.55. The van der Waals surface area contributed by atoms with Gasteiger partial charge in [-0.1, -0.05) is 34.6 Å². The molecule has 0 spiro atoms. The largest absolute Gasteiger partial charge is 0.382 e. The van der Waals surface area contributed by atoms with E-state index < -0.39 is 0 Å². The van der Waals surface area contributed by atoms with Gasteiger partial charge in [0.05, 0.1) is 18.8 Å². The lowest BCUT2D eigenvalue weighted by molar-refractivity contribution is -0.104. The van der Waals surface area contributed by atoms with Crippen LogP contribution in [0.5, 0.6) is 0 Å². The fraction of sp³-hybridized carbons (Fsp3) is 1.00. The zero-order chi connectivity index (χ0) is 15.7. The van der Waals surface area contributed by atoms with Crippen LogP contribution in [0.3, 0.4) is 0 Å². The minimum Gasteiger partial charge on any atom is -0.382 e. The van der Waals surface area contributed by atoms with Crippen LogP contribution in [0, 0.1) is 22.7 Å². The highest BCUT2D eigenvalue weighted by atomic mass is 16.5. The minimum atomic E-state index is 0.172. The Morgan fingerprint density at radius 1 is 1.19 bits per heavy atom. The molecule has 2 rings (SSSR count). The van der Waals surface area contributed by atoms with Gasteiger partial charge in [0.1, 0.15) is 0 Å². The highest BCUT2D eigenvalue weighted by molar-refractivity contribution is 5.11. The summed E-state index contributed by atoms with van der Waals surface area (Å²) < 4.78 is 11.9. The summed E-state index contributed by atoms with van der Waals surface area (Å²) in [6, 6.07) is 0. The Morgan fingerprint density at radius 3 is 2.38 bits per heavy atom. The van der Waals surface area contributed by atoms with E-state index >= 15 is 0 Å². The Labute approximate surface area is 131 Å². The van der Waals surface area contributed by atoms with E-state index in [9.17, 15) is 0 Å². The quantitative estimate of drug-likeness (QED) is 0.744. The van der Waals surface area contributed by atoms with E-state index in [2.05, 4.69) is 39.9 Å². The third-order valence-electron chi connectivity index (χ3n) is 6.35. The third kappa shape index (κ3) is 3.30. The number of hydrogen-bond donors (Lipinski definition) is 1. The first-order chi connectivity index (χ1) is 9.81. The molecule has 2 saturated carbocycles. The molecule has 0 aromatic rings. The van der Waals surface area contributed by atoms with Crippen molar-refractivity contribution in [2.75, 3.05) is 26.8 Å². The van der Waals surface area contributed by atoms with Crippen LogP contribution >= 0.6 is 0 Å². The maximum atomic E-state index is 6.52. The molecular weight excluding hydrogens is 262 g/mol. The minimum absolute atomic E-state index is 0.172. The normalized spacial score (nSPS) is 35.6. The average molecular weight is 297 g/mol. The summed E-state index contributed by atoms with van der Waals surface area (Å²) in [5, 5.41) is 3.52. The number of fused-ring (bicyclic) bond motifs is 2. The Kier molecular flexibility index (Phi) is 5.38. The predicted molar refractivity (Wildman–Crippen MR) is 87.5 cm³/mol. The Balaban J connectivity index is 1.92. The van der Waals surface area contributed by atoms with Gasteiger partial charge in [0.2, 0.25) is 0 Å². The van der Waals surface area contributed by atoms with Crippen LogP contribution in [0.4, 0.5) is 0 Å². The van der Waals surface area contributed by atoms with E-state index in [1.807, 2.05) is 0 Å². The first-order valence-electron chi connectivity index (χ1n) is 8.66. The molecule has 0 radical (unpaired) electrons. The van der Waals surface area contributed by atoms with Gasteiger partial charge in [-0.15, -0.1) is 0 Å². The maximum absolute atomic E-state index is 6.52.